The SMILES string of the molecule is CC(CP(C(F)(F)C(F)(F)C(F)(F)C(F)(F)C(F)(F)C(F)(F)C(F)(F)C(F)(F)F)C(F)(F)C(F)(F)C(F)(F)C(F)(F)C(F)(F)C(F)(F)C(F)(F)C(F)(F)F)CC(C)(C)C. The first-order chi connectivity index (χ1) is 24.7. The highest BCUT2D eigenvalue weighted by molar-refractivity contribution is 7.60. The Bertz CT molecular complexity index is 1370. The summed E-state index contributed by atoms with van der Waals surface area (Å²) in [5.74, 6) is -116. The monoisotopic (exact) mass is 982 g/mol. The topological polar surface area (TPSA) is 0 Å². The van der Waals surface area contributed by atoms with Crippen LogP contribution < -0.4 is 0 Å². The molecule has 0 nitrogen and oxygen atoms in total. The van der Waals surface area contributed by atoms with Crippen LogP contribution in [0.5, 0.6) is 0 Å². The van der Waals surface area contributed by atoms with Crippen LogP contribution in [0.25, 0.3) is 0 Å². The summed E-state index contributed by atoms with van der Waals surface area (Å²) in [6.07, 6.45) is -21.6. The lowest BCUT2D eigenvalue weighted by Gasteiger charge is -2.48. The van der Waals surface area contributed by atoms with E-state index in [1.807, 2.05) is 0 Å². The van der Waals surface area contributed by atoms with E-state index in [-0.39, 0.29) is 6.92 Å². The number of hydrogen-bond donors (Lipinski definition) is 0. The van der Waals surface area contributed by atoms with E-state index in [1.165, 1.54) is 0 Å². The van der Waals surface area contributed by atoms with Crippen molar-refractivity contribution < 1.29 is 149 Å². The van der Waals surface area contributed by atoms with Crippen molar-refractivity contribution in [2.75, 3.05) is 6.16 Å². The summed E-state index contributed by atoms with van der Waals surface area (Å²) in [6.45, 7) is 2.22. The maximum absolute atomic E-state index is 15.2. The van der Waals surface area contributed by atoms with Crippen molar-refractivity contribution in [2.24, 2.45) is 11.3 Å². The molecular weight excluding hydrogens is 965 g/mol. The van der Waals surface area contributed by atoms with Gasteiger partial charge in [0.15, 0.2) is 0 Å². The summed E-state index contributed by atoms with van der Waals surface area (Å²) < 4.78 is 469. The molecule has 0 aromatic heterocycles. The van der Waals surface area contributed by atoms with E-state index in [0.29, 0.717) is 0 Å². The van der Waals surface area contributed by atoms with Crippen molar-refractivity contribution >= 4 is 7.92 Å². The Morgan fingerprint density at radius 3 is 0.627 bits per heavy atom. The van der Waals surface area contributed by atoms with Gasteiger partial charge in [0.1, 0.15) is 0 Å². The highest BCUT2D eigenvalue weighted by atomic mass is 31.1. The third-order valence-corrected chi connectivity index (χ3v) is 10.5. The Morgan fingerprint density at radius 2 is 0.458 bits per heavy atom. The Labute approximate surface area is 304 Å². The molecule has 1 atom stereocenters. The molecule has 0 radical (unpaired) electrons. The molecule has 59 heavy (non-hydrogen) atoms. The van der Waals surface area contributed by atoms with Gasteiger partial charge >= 0.3 is 94.8 Å². The Balaban J connectivity index is 8.32. The minimum atomic E-state index is -9.68. The number of rotatable bonds is 17. The van der Waals surface area contributed by atoms with E-state index >= 15 is 17.6 Å². The third kappa shape index (κ3) is 7.78. The fourth-order valence-corrected chi connectivity index (χ4v) is 7.00. The standard InChI is InChI=1S/C24H17F34P/c1-7(5-8(2,3)4)6-59(23(55,56)19(45,46)15(37,38)11(29,30)9(25,26)13(33,34)17(41,42)21(49,50)51)24(57,58)20(47,48)16(39,40)12(31,32)10(27,28)14(35,36)18(43,44)22(52,53)54/h7H,5-6H2,1-4H3. The predicted octanol–water partition coefficient (Wildman–Crippen LogP) is 14.5. The molecule has 0 N–H and O–H groups in total. The van der Waals surface area contributed by atoms with Gasteiger partial charge in [0.2, 0.25) is 0 Å². The summed E-state index contributed by atoms with van der Waals surface area (Å²) in [6, 6.07) is 0. The maximum Gasteiger partial charge on any atom is 0.460 e. The summed E-state index contributed by atoms with van der Waals surface area (Å²) in [5, 5.41) is 0. The lowest BCUT2D eigenvalue weighted by molar-refractivity contribution is -0.460. The molecular formula is C24H17F34P. The van der Waals surface area contributed by atoms with Gasteiger partial charge in [0.25, 0.3) is 0 Å². The normalized spacial score (nSPS) is 17.5. The van der Waals surface area contributed by atoms with Crippen molar-refractivity contribution in [3.8, 4) is 0 Å². The molecule has 0 amide bonds. The van der Waals surface area contributed by atoms with Crippen LogP contribution in [0.4, 0.5) is 149 Å². The lowest BCUT2D eigenvalue weighted by Crippen LogP contribution is -2.75. The molecule has 0 aliphatic carbocycles. The van der Waals surface area contributed by atoms with Crippen LogP contribution in [0.1, 0.15) is 34.1 Å². The Morgan fingerprint density at radius 1 is 0.288 bits per heavy atom. The highest BCUT2D eigenvalue weighted by Gasteiger charge is 2.99. The van der Waals surface area contributed by atoms with Gasteiger partial charge in [-0.1, -0.05) is 27.7 Å². The number of alkyl halides is 34. The van der Waals surface area contributed by atoms with Crippen LogP contribution in [0.3, 0.4) is 0 Å². The van der Waals surface area contributed by atoms with Crippen LogP contribution in [0.15, 0.2) is 0 Å². The van der Waals surface area contributed by atoms with Crippen molar-refractivity contribution in [3.05, 3.63) is 0 Å². The van der Waals surface area contributed by atoms with Gasteiger partial charge in [-0.05, 0) is 23.9 Å². The van der Waals surface area contributed by atoms with Crippen LogP contribution >= 0.6 is 7.92 Å². The summed E-state index contributed by atoms with van der Waals surface area (Å²) >= 11 is 0. The first kappa shape index (κ1) is 57.1. The molecule has 356 valence electrons. The fourth-order valence-electron chi connectivity index (χ4n) is 4.48. The highest BCUT2D eigenvalue weighted by Crippen LogP contribution is 2.78. The number of halogens is 34. The number of hydrogen-bond acceptors (Lipinski definition) is 0. The Kier molecular flexibility index (Phi) is 14.1. The first-order valence-corrected chi connectivity index (χ1v) is 15.5. The van der Waals surface area contributed by atoms with Crippen LogP contribution in [0, 0.1) is 11.3 Å². The largest absolute Gasteiger partial charge is 0.460 e. The van der Waals surface area contributed by atoms with Crippen LogP contribution in [0.2, 0.25) is 0 Å². The molecule has 0 saturated carbocycles. The van der Waals surface area contributed by atoms with Crippen LogP contribution in [-0.2, 0) is 0 Å². The second kappa shape index (κ2) is 14.5. The van der Waals surface area contributed by atoms with E-state index in [1.54, 1.807) is 0 Å². The minimum Gasteiger partial charge on any atom is -0.194 e. The molecule has 0 rings (SSSR count). The molecule has 0 spiro atoms. The zero-order chi connectivity index (χ0) is 49.1. The maximum atomic E-state index is 15.2. The average molecular weight is 982 g/mol. The molecule has 0 bridgehead atoms. The van der Waals surface area contributed by atoms with Crippen molar-refractivity contribution in [3.63, 3.8) is 0 Å². The average Bonchev–Trinajstić information content (AvgIpc) is 2.96. The van der Waals surface area contributed by atoms with Crippen molar-refractivity contribution in [1.82, 2.24) is 0 Å². The molecule has 35 heteroatoms. The molecule has 0 fully saturated rings. The van der Waals surface area contributed by atoms with Crippen LogP contribution in [-0.4, -0.2) is 101 Å². The van der Waals surface area contributed by atoms with E-state index < -0.39 is 127 Å². The van der Waals surface area contributed by atoms with Gasteiger partial charge in [-0.25, -0.2) is 0 Å². The van der Waals surface area contributed by atoms with Gasteiger partial charge < -0.3 is 0 Å². The quantitative estimate of drug-likeness (QED) is 0.101. The summed E-state index contributed by atoms with van der Waals surface area (Å²) in [7, 11) is -7.86. The van der Waals surface area contributed by atoms with E-state index in [2.05, 4.69) is 0 Å². The smallest absolute Gasteiger partial charge is 0.194 e. The fraction of sp³-hybridized carbons (Fsp3) is 1.00. The molecule has 0 aliphatic rings. The second-order valence-electron chi connectivity index (χ2n) is 13.5. The predicted molar refractivity (Wildman–Crippen MR) is 126 cm³/mol. The van der Waals surface area contributed by atoms with Gasteiger partial charge in [-0.3, -0.25) is 0 Å². The molecule has 0 aromatic carbocycles. The third-order valence-electron chi connectivity index (χ3n) is 7.54. The van der Waals surface area contributed by atoms with Gasteiger partial charge in [0.05, 0.1) is 7.92 Å². The van der Waals surface area contributed by atoms with Crippen molar-refractivity contribution in [2.45, 2.75) is 129 Å². The molecule has 0 aromatic rings. The van der Waals surface area contributed by atoms with Gasteiger partial charge in [-0.2, -0.15) is 149 Å². The van der Waals surface area contributed by atoms with Gasteiger partial charge in [0, 0.05) is 0 Å². The van der Waals surface area contributed by atoms with Crippen molar-refractivity contribution in [1.29, 1.82) is 0 Å². The zero-order valence-corrected chi connectivity index (χ0v) is 28.7. The summed E-state index contributed by atoms with van der Waals surface area (Å²) in [5.41, 5.74) is -19.6. The van der Waals surface area contributed by atoms with E-state index in [0.717, 1.165) is 20.8 Å². The molecule has 0 saturated heterocycles. The summed E-state index contributed by atoms with van der Waals surface area (Å²) in [4.78, 5) is 0. The van der Waals surface area contributed by atoms with E-state index in [4.69, 9.17) is 0 Å². The molecule has 0 aliphatic heterocycles. The van der Waals surface area contributed by atoms with Gasteiger partial charge in [-0.15, -0.1) is 0 Å². The second-order valence-corrected chi connectivity index (χ2v) is 15.8. The first-order valence-electron chi connectivity index (χ1n) is 13.9. The molecule has 0 heterocycles. The minimum absolute atomic E-state index is 0.0512. The van der Waals surface area contributed by atoms with E-state index in [9.17, 15) is 132 Å². The molecule has 1 unspecified atom stereocenters. The Hall–Kier alpha value is -1.95. The zero-order valence-electron chi connectivity index (χ0n) is 27.8. The lowest BCUT2D eigenvalue weighted by atomic mass is 9.86.